The van der Waals surface area contributed by atoms with Crippen molar-refractivity contribution in [1.29, 1.82) is 0 Å². The summed E-state index contributed by atoms with van der Waals surface area (Å²) in [7, 11) is 0. The minimum absolute atomic E-state index is 0.140. The van der Waals surface area contributed by atoms with E-state index < -0.39 is 6.09 Å². The molecule has 0 saturated heterocycles. The second-order valence-corrected chi connectivity index (χ2v) is 3.07. The number of hydrogen-bond donors (Lipinski definition) is 3. The highest BCUT2D eigenvalue weighted by Crippen LogP contribution is 2.17. The number of nitrogens with one attached hydrogen (secondary N) is 2. The number of carbonyl (C=O) groups is 1. The van der Waals surface area contributed by atoms with E-state index in [4.69, 9.17) is 5.11 Å². The Kier molecular flexibility index (Phi) is 2.84. The van der Waals surface area contributed by atoms with Crippen molar-refractivity contribution in [2.75, 3.05) is 0 Å². The maximum Gasteiger partial charge on any atom is 0.405 e. The third-order valence-corrected chi connectivity index (χ3v) is 1.70. The molecular weight excluding hydrogens is 172 g/mol. The van der Waals surface area contributed by atoms with Gasteiger partial charge in [0.05, 0.1) is 12.2 Å². The van der Waals surface area contributed by atoms with E-state index in [-0.39, 0.29) is 12.0 Å². The quantitative estimate of drug-likeness (QED) is 0.647. The van der Waals surface area contributed by atoms with E-state index in [1.165, 1.54) is 6.20 Å². The van der Waals surface area contributed by atoms with E-state index in [9.17, 15) is 4.79 Å². The van der Waals surface area contributed by atoms with Crippen molar-refractivity contribution in [1.82, 2.24) is 20.7 Å². The lowest BCUT2D eigenvalue weighted by molar-refractivity contribution is 0.185. The molecule has 72 valence electrons. The fourth-order valence-electron chi connectivity index (χ4n) is 1.08. The minimum atomic E-state index is -1.05. The zero-order chi connectivity index (χ0) is 9.84. The van der Waals surface area contributed by atoms with Crippen molar-refractivity contribution >= 4 is 6.09 Å². The van der Waals surface area contributed by atoms with E-state index in [1.807, 2.05) is 13.8 Å². The van der Waals surface area contributed by atoms with Crippen molar-refractivity contribution in [3.8, 4) is 0 Å². The molecule has 0 unspecified atom stereocenters. The Morgan fingerprint density at radius 1 is 1.69 bits per heavy atom. The Hall–Kier alpha value is -1.59. The molecule has 1 atom stereocenters. The summed E-state index contributed by atoms with van der Waals surface area (Å²) in [6.45, 7) is 3.82. The summed E-state index contributed by atoms with van der Waals surface area (Å²) in [5.41, 5.74) is 0.609. The highest BCUT2D eigenvalue weighted by atomic mass is 16.4. The number of nitrogens with zero attached hydrogens (tertiary/aromatic N) is 2. The second kappa shape index (κ2) is 3.88. The highest BCUT2D eigenvalue weighted by Gasteiger charge is 2.19. The van der Waals surface area contributed by atoms with Gasteiger partial charge < -0.3 is 10.4 Å². The van der Waals surface area contributed by atoms with Gasteiger partial charge in [-0.15, -0.1) is 0 Å². The van der Waals surface area contributed by atoms with Crippen LogP contribution in [0.4, 0.5) is 4.79 Å². The molecule has 0 aliphatic heterocycles. The fraction of sp³-hybridized carbons (Fsp3) is 0.571. The Morgan fingerprint density at radius 3 is 2.77 bits per heavy atom. The van der Waals surface area contributed by atoms with Crippen LogP contribution in [0.25, 0.3) is 0 Å². The number of amides is 1. The van der Waals surface area contributed by atoms with Crippen LogP contribution < -0.4 is 5.32 Å². The summed E-state index contributed by atoms with van der Waals surface area (Å²) < 4.78 is 0. The first-order chi connectivity index (χ1) is 6.11. The highest BCUT2D eigenvalue weighted by molar-refractivity contribution is 5.65. The average molecular weight is 184 g/mol. The third-order valence-electron chi connectivity index (χ3n) is 1.70. The van der Waals surface area contributed by atoms with Gasteiger partial charge in [-0.2, -0.15) is 15.4 Å². The van der Waals surface area contributed by atoms with Gasteiger partial charge in [0.15, 0.2) is 0 Å². The smallest absolute Gasteiger partial charge is 0.405 e. The van der Waals surface area contributed by atoms with Crippen molar-refractivity contribution in [2.24, 2.45) is 5.92 Å². The number of carboxylic acid groups (broad SMARTS) is 1. The Labute approximate surface area is 75.3 Å². The SMILES string of the molecule is CC(C)[C@H](NC(=O)O)c1cn[nH]n1. The molecule has 0 radical (unpaired) electrons. The largest absolute Gasteiger partial charge is 0.465 e. The predicted molar refractivity (Wildman–Crippen MR) is 45.1 cm³/mol. The summed E-state index contributed by atoms with van der Waals surface area (Å²) in [5, 5.41) is 20.8. The Balaban J connectivity index is 2.74. The van der Waals surface area contributed by atoms with Crippen LogP contribution >= 0.6 is 0 Å². The first kappa shape index (κ1) is 9.50. The molecule has 0 aromatic carbocycles. The summed E-state index contributed by atoms with van der Waals surface area (Å²) >= 11 is 0. The molecule has 1 aromatic heterocycles. The molecule has 1 amide bonds. The van der Waals surface area contributed by atoms with Gasteiger partial charge >= 0.3 is 6.09 Å². The fourth-order valence-corrected chi connectivity index (χ4v) is 1.08. The molecule has 1 rings (SSSR count). The first-order valence-electron chi connectivity index (χ1n) is 3.96. The maximum absolute atomic E-state index is 10.4. The number of H-pyrrole nitrogens is 1. The van der Waals surface area contributed by atoms with E-state index in [0.717, 1.165) is 0 Å². The van der Waals surface area contributed by atoms with Crippen LogP contribution in [0.3, 0.4) is 0 Å². The summed E-state index contributed by atoms with van der Waals surface area (Å²) in [6.07, 6.45) is 0.461. The van der Waals surface area contributed by atoms with E-state index in [0.29, 0.717) is 5.69 Å². The maximum atomic E-state index is 10.4. The zero-order valence-corrected chi connectivity index (χ0v) is 7.48. The molecule has 0 aliphatic carbocycles. The molecule has 0 fully saturated rings. The molecule has 0 spiro atoms. The Morgan fingerprint density at radius 2 is 2.38 bits per heavy atom. The molecule has 0 saturated carbocycles. The second-order valence-electron chi connectivity index (χ2n) is 3.07. The standard InChI is InChI=1S/C7H12N4O2/c1-4(2)6(9-7(12)13)5-3-8-11-10-5/h3-4,6,9H,1-2H3,(H,12,13)(H,8,10,11)/t6-/m0/s1. The third kappa shape index (κ3) is 2.43. The van der Waals surface area contributed by atoms with Gasteiger partial charge in [-0.05, 0) is 5.92 Å². The lowest BCUT2D eigenvalue weighted by Crippen LogP contribution is -2.30. The molecule has 6 nitrogen and oxygen atoms in total. The van der Waals surface area contributed by atoms with Gasteiger partial charge in [-0.3, -0.25) is 0 Å². The first-order valence-corrected chi connectivity index (χ1v) is 3.96. The van der Waals surface area contributed by atoms with Crippen LogP contribution in [-0.4, -0.2) is 26.6 Å². The van der Waals surface area contributed by atoms with Crippen molar-refractivity contribution in [3.63, 3.8) is 0 Å². The monoisotopic (exact) mass is 184 g/mol. The number of hydrogen-bond acceptors (Lipinski definition) is 3. The molecule has 13 heavy (non-hydrogen) atoms. The molecule has 6 heteroatoms. The lowest BCUT2D eigenvalue weighted by atomic mass is 10.0. The van der Waals surface area contributed by atoms with Crippen LogP contribution in [0, 0.1) is 5.92 Å². The normalized spacial score (nSPS) is 12.8. The van der Waals surface area contributed by atoms with Gasteiger partial charge in [-0.1, -0.05) is 13.8 Å². The number of aromatic amines is 1. The van der Waals surface area contributed by atoms with Gasteiger partial charge in [0.25, 0.3) is 0 Å². The van der Waals surface area contributed by atoms with E-state index in [2.05, 4.69) is 20.7 Å². The molecule has 1 heterocycles. The minimum Gasteiger partial charge on any atom is -0.465 e. The van der Waals surface area contributed by atoms with E-state index >= 15 is 0 Å². The van der Waals surface area contributed by atoms with Crippen LogP contribution in [0.15, 0.2) is 6.20 Å². The van der Waals surface area contributed by atoms with Crippen LogP contribution in [0.2, 0.25) is 0 Å². The average Bonchev–Trinajstić information content (AvgIpc) is 2.50. The lowest BCUT2D eigenvalue weighted by Gasteiger charge is -2.17. The predicted octanol–water partition coefficient (Wildman–Crippen LogP) is 0.769. The van der Waals surface area contributed by atoms with Crippen LogP contribution in [0.1, 0.15) is 25.6 Å². The summed E-state index contributed by atoms with van der Waals surface area (Å²) in [5.74, 6) is 0.140. The summed E-state index contributed by atoms with van der Waals surface area (Å²) in [4.78, 5) is 10.4. The zero-order valence-electron chi connectivity index (χ0n) is 7.48. The molecular formula is C7H12N4O2. The van der Waals surface area contributed by atoms with Crippen molar-refractivity contribution < 1.29 is 9.90 Å². The van der Waals surface area contributed by atoms with Crippen LogP contribution in [-0.2, 0) is 0 Å². The Bertz CT molecular complexity index is 270. The number of rotatable bonds is 3. The van der Waals surface area contributed by atoms with Gasteiger partial charge in [0, 0.05) is 0 Å². The summed E-state index contributed by atoms with van der Waals surface area (Å²) in [6, 6.07) is -0.309. The van der Waals surface area contributed by atoms with Crippen molar-refractivity contribution in [3.05, 3.63) is 11.9 Å². The molecule has 0 aliphatic rings. The van der Waals surface area contributed by atoms with Gasteiger partial charge in [-0.25, -0.2) is 4.79 Å². The molecule has 0 bridgehead atoms. The molecule has 3 N–H and O–H groups in total. The van der Waals surface area contributed by atoms with Gasteiger partial charge in [0.1, 0.15) is 5.69 Å². The van der Waals surface area contributed by atoms with Crippen molar-refractivity contribution in [2.45, 2.75) is 19.9 Å². The van der Waals surface area contributed by atoms with E-state index in [1.54, 1.807) is 0 Å². The molecule has 1 aromatic rings. The van der Waals surface area contributed by atoms with Gasteiger partial charge in [0.2, 0.25) is 0 Å². The van der Waals surface area contributed by atoms with Crippen LogP contribution in [0.5, 0.6) is 0 Å². The number of aromatic nitrogens is 3. The topological polar surface area (TPSA) is 90.9 Å².